The number of nitrogens with zero attached hydrogens (tertiary/aromatic N) is 3. The lowest BCUT2D eigenvalue weighted by molar-refractivity contribution is 0.573. The Balaban J connectivity index is 1.64. The summed E-state index contributed by atoms with van der Waals surface area (Å²) in [7, 11) is 0. The van der Waals surface area contributed by atoms with Crippen LogP contribution in [-0.4, -0.2) is 28.0 Å². The monoisotopic (exact) mass is 336 g/mol. The Hall–Kier alpha value is -2.43. The molecule has 0 radical (unpaired) electrons. The van der Waals surface area contributed by atoms with Crippen LogP contribution in [-0.2, 0) is 0 Å². The van der Waals surface area contributed by atoms with Crippen molar-refractivity contribution in [3.63, 3.8) is 0 Å². The van der Waals surface area contributed by atoms with E-state index in [0.717, 1.165) is 47.0 Å². The van der Waals surface area contributed by atoms with Crippen LogP contribution in [0.5, 0.6) is 0 Å². The Morgan fingerprint density at radius 3 is 2.48 bits per heavy atom. The summed E-state index contributed by atoms with van der Waals surface area (Å²) in [6.07, 6.45) is 6.12. The molecule has 0 unspecified atom stereocenters. The largest absolute Gasteiger partial charge is 0.355 e. The van der Waals surface area contributed by atoms with Gasteiger partial charge in [0.2, 0.25) is 0 Å². The number of piperidine rings is 1. The molecular formula is C20H21FN4. The van der Waals surface area contributed by atoms with Crippen LogP contribution in [0.4, 0.5) is 10.2 Å². The van der Waals surface area contributed by atoms with Gasteiger partial charge < -0.3 is 9.88 Å². The van der Waals surface area contributed by atoms with Crippen molar-refractivity contribution in [1.82, 2.24) is 15.0 Å². The maximum absolute atomic E-state index is 13.2. The zero-order valence-electron chi connectivity index (χ0n) is 14.1. The third-order valence-corrected chi connectivity index (χ3v) is 5.23. The van der Waals surface area contributed by atoms with Crippen LogP contribution >= 0.6 is 0 Å². The highest BCUT2D eigenvalue weighted by atomic mass is 19.1. The van der Waals surface area contributed by atoms with Crippen LogP contribution in [0.15, 0.2) is 30.3 Å². The number of halogens is 1. The van der Waals surface area contributed by atoms with E-state index in [0.29, 0.717) is 5.92 Å². The summed E-state index contributed by atoms with van der Waals surface area (Å²) in [5.41, 5.74) is 3.91. The quantitative estimate of drug-likeness (QED) is 0.758. The fourth-order valence-electron chi connectivity index (χ4n) is 3.66. The van der Waals surface area contributed by atoms with Gasteiger partial charge >= 0.3 is 0 Å². The highest BCUT2D eigenvalue weighted by molar-refractivity contribution is 5.91. The van der Waals surface area contributed by atoms with Crippen LogP contribution in [0, 0.1) is 5.82 Å². The summed E-state index contributed by atoms with van der Waals surface area (Å²) >= 11 is 0. The van der Waals surface area contributed by atoms with E-state index in [4.69, 9.17) is 9.97 Å². The summed E-state index contributed by atoms with van der Waals surface area (Å²) in [5, 5.41) is 0. The highest BCUT2D eigenvalue weighted by Crippen LogP contribution is 2.40. The lowest BCUT2D eigenvalue weighted by Gasteiger charge is -2.28. The molecule has 2 aromatic heterocycles. The topological polar surface area (TPSA) is 44.8 Å². The van der Waals surface area contributed by atoms with Crippen molar-refractivity contribution >= 4 is 16.9 Å². The van der Waals surface area contributed by atoms with Gasteiger partial charge in [-0.3, -0.25) is 0 Å². The number of rotatable bonds is 3. The smallest absolute Gasteiger partial charge is 0.156 e. The second-order valence-electron chi connectivity index (χ2n) is 7.18. The molecule has 0 spiro atoms. The van der Waals surface area contributed by atoms with E-state index in [2.05, 4.69) is 16.0 Å². The molecule has 2 fully saturated rings. The Kier molecular flexibility index (Phi) is 3.47. The molecular weight excluding hydrogens is 315 g/mol. The molecule has 3 aromatic rings. The van der Waals surface area contributed by atoms with Crippen LogP contribution < -0.4 is 4.90 Å². The molecule has 0 bridgehead atoms. The van der Waals surface area contributed by atoms with Crippen LogP contribution in [0.1, 0.15) is 43.8 Å². The standard InChI is InChI=1S/C20H21FN4/c21-15-8-6-13(7-9-15)16-12-17-18(22-16)20(25-10-2-1-3-11-25)24-19(23-17)14-4-5-14/h6-9,12,14,22H,1-5,10-11H2. The predicted octanol–water partition coefficient (Wildman–Crippen LogP) is 4.63. The van der Waals surface area contributed by atoms with E-state index in [1.165, 1.54) is 44.2 Å². The Morgan fingerprint density at radius 1 is 1.00 bits per heavy atom. The molecule has 1 aliphatic heterocycles. The summed E-state index contributed by atoms with van der Waals surface area (Å²) in [6, 6.07) is 8.66. The van der Waals surface area contributed by atoms with E-state index in [-0.39, 0.29) is 5.82 Å². The van der Waals surface area contributed by atoms with Crippen molar-refractivity contribution in [2.45, 2.75) is 38.0 Å². The van der Waals surface area contributed by atoms with Crippen molar-refractivity contribution in [2.24, 2.45) is 0 Å². The molecule has 3 heterocycles. The van der Waals surface area contributed by atoms with Crippen molar-refractivity contribution in [2.75, 3.05) is 18.0 Å². The molecule has 1 aromatic carbocycles. The summed E-state index contributed by atoms with van der Waals surface area (Å²) in [4.78, 5) is 15.6. The van der Waals surface area contributed by atoms with Gasteiger partial charge in [-0.2, -0.15) is 0 Å². The molecule has 5 rings (SSSR count). The number of nitrogens with one attached hydrogen (secondary N) is 1. The SMILES string of the molecule is Fc1ccc(-c2cc3nc(C4CC4)nc(N4CCCCC4)c3[nH]2)cc1. The average Bonchev–Trinajstić information content (AvgIpc) is 3.41. The molecule has 25 heavy (non-hydrogen) atoms. The van der Waals surface area contributed by atoms with Gasteiger partial charge in [-0.1, -0.05) is 0 Å². The first-order valence-corrected chi connectivity index (χ1v) is 9.19. The lowest BCUT2D eigenvalue weighted by Crippen LogP contribution is -2.30. The zero-order chi connectivity index (χ0) is 16.8. The van der Waals surface area contributed by atoms with Gasteiger partial charge in [0.25, 0.3) is 0 Å². The highest BCUT2D eigenvalue weighted by Gasteiger charge is 2.29. The summed E-state index contributed by atoms with van der Waals surface area (Å²) < 4.78 is 13.2. The van der Waals surface area contributed by atoms with Crippen LogP contribution in [0.2, 0.25) is 0 Å². The van der Waals surface area contributed by atoms with Crippen LogP contribution in [0.3, 0.4) is 0 Å². The fraction of sp³-hybridized carbons (Fsp3) is 0.400. The maximum atomic E-state index is 13.2. The van der Waals surface area contributed by atoms with E-state index >= 15 is 0 Å². The molecule has 2 aliphatic rings. The third kappa shape index (κ3) is 2.77. The van der Waals surface area contributed by atoms with Crippen molar-refractivity contribution < 1.29 is 4.39 Å². The Bertz CT molecular complexity index is 905. The predicted molar refractivity (Wildman–Crippen MR) is 97.3 cm³/mol. The van der Waals surface area contributed by atoms with Gasteiger partial charge in [0.15, 0.2) is 5.82 Å². The lowest BCUT2D eigenvalue weighted by atomic mass is 10.1. The molecule has 128 valence electrons. The van der Waals surface area contributed by atoms with Crippen molar-refractivity contribution in [3.05, 3.63) is 42.0 Å². The molecule has 1 saturated heterocycles. The van der Waals surface area contributed by atoms with Gasteiger partial charge in [0.05, 0.1) is 5.52 Å². The molecule has 5 heteroatoms. The van der Waals surface area contributed by atoms with Gasteiger partial charge in [-0.15, -0.1) is 0 Å². The molecule has 0 amide bonds. The van der Waals surface area contributed by atoms with Crippen LogP contribution in [0.25, 0.3) is 22.3 Å². The number of aromatic amines is 1. The molecule has 1 saturated carbocycles. The first kappa shape index (κ1) is 14.9. The van der Waals surface area contributed by atoms with Crippen molar-refractivity contribution in [1.29, 1.82) is 0 Å². The van der Waals surface area contributed by atoms with Gasteiger partial charge in [-0.05, 0) is 68.0 Å². The van der Waals surface area contributed by atoms with E-state index < -0.39 is 0 Å². The maximum Gasteiger partial charge on any atom is 0.156 e. The Labute approximate surface area is 146 Å². The molecule has 1 aliphatic carbocycles. The normalized spacial score (nSPS) is 18.0. The van der Waals surface area contributed by atoms with E-state index in [9.17, 15) is 4.39 Å². The number of benzene rings is 1. The van der Waals surface area contributed by atoms with Gasteiger partial charge in [-0.25, -0.2) is 14.4 Å². The minimum atomic E-state index is -0.218. The number of hydrogen-bond acceptors (Lipinski definition) is 3. The fourth-order valence-corrected chi connectivity index (χ4v) is 3.66. The van der Waals surface area contributed by atoms with E-state index in [1.807, 2.05) is 0 Å². The van der Waals surface area contributed by atoms with Gasteiger partial charge in [0, 0.05) is 24.7 Å². The summed E-state index contributed by atoms with van der Waals surface area (Å²) in [5.74, 6) is 2.33. The average molecular weight is 336 g/mol. The second-order valence-corrected chi connectivity index (χ2v) is 7.18. The number of H-pyrrole nitrogens is 1. The number of aromatic nitrogens is 3. The third-order valence-electron chi connectivity index (χ3n) is 5.23. The number of hydrogen-bond donors (Lipinski definition) is 1. The zero-order valence-corrected chi connectivity index (χ0v) is 14.1. The first-order valence-electron chi connectivity index (χ1n) is 9.19. The molecule has 4 nitrogen and oxygen atoms in total. The summed E-state index contributed by atoms with van der Waals surface area (Å²) in [6.45, 7) is 2.11. The van der Waals surface area contributed by atoms with Gasteiger partial charge in [0.1, 0.15) is 17.2 Å². The first-order chi connectivity index (χ1) is 12.3. The van der Waals surface area contributed by atoms with E-state index in [1.54, 1.807) is 12.1 Å². The number of fused-ring (bicyclic) bond motifs is 1. The number of anilines is 1. The molecule has 1 N–H and O–H groups in total. The Morgan fingerprint density at radius 2 is 1.76 bits per heavy atom. The minimum absolute atomic E-state index is 0.218. The second kappa shape index (κ2) is 5.83. The molecule has 0 atom stereocenters. The van der Waals surface area contributed by atoms with Crippen molar-refractivity contribution in [3.8, 4) is 11.3 Å². The minimum Gasteiger partial charge on any atom is -0.355 e.